The summed E-state index contributed by atoms with van der Waals surface area (Å²) in [6.45, 7) is 0. The normalized spacial score (nSPS) is 14.5. The fourth-order valence-electron chi connectivity index (χ4n) is 0.0488. The van der Waals surface area contributed by atoms with Crippen molar-refractivity contribution >= 4 is 32.4 Å². The summed E-state index contributed by atoms with van der Waals surface area (Å²) in [4.78, 5) is 0. The Balaban J connectivity index is 2.75. The number of hydrogen-bond donors (Lipinski definition) is 0. The van der Waals surface area contributed by atoms with Crippen LogP contribution in [0.25, 0.3) is 0 Å². The van der Waals surface area contributed by atoms with Gasteiger partial charge in [0, 0.05) is 5.88 Å². The van der Waals surface area contributed by atoms with E-state index in [1.54, 1.807) is 0 Å². The Morgan fingerprint density at radius 2 is 2.17 bits per heavy atom. The van der Waals surface area contributed by atoms with Crippen LogP contribution < -0.4 is 0 Å². The third-order valence-corrected chi connectivity index (χ3v) is 1.86. The Hall–Kier alpha value is 1.01. The molecule has 0 aromatic rings. The monoisotopic (exact) mass is 142 g/mol. The zero-order chi connectivity index (χ0) is 4.99. The Bertz CT molecular complexity index is 28.0. The van der Waals surface area contributed by atoms with Crippen molar-refractivity contribution in [2.45, 2.75) is 5.38 Å². The van der Waals surface area contributed by atoms with Crippen LogP contribution in [0.3, 0.4) is 0 Å². The second-order valence-electron chi connectivity index (χ2n) is 0.934. The summed E-state index contributed by atoms with van der Waals surface area (Å²) in [7, 11) is 3.88. The molecule has 0 amide bonds. The van der Waals surface area contributed by atoms with Gasteiger partial charge >= 0.3 is 0 Å². The van der Waals surface area contributed by atoms with Gasteiger partial charge in [-0.15, -0.1) is 23.2 Å². The van der Waals surface area contributed by atoms with E-state index in [1.807, 2.05) is 0 Å². The topological polar surface area (TPSA) is 0 Å². The highest BCUT2D eigenvalue weighted by Crippen LogP contribution is 2.00. The Morgan fingerprint density at radius 1 is 1.67 bits per heavy atom. The third kappa shape index (κ3) is 3.21. The highest BCUT2D eigenvalue weighted by atomic mass is 35.5. The lowest BCUT2D eigenvalue weighted by atomic mass is 10.6. The van der Waals surface area contributed by atoms with Crippen LogP contribution in [0.2, 0.25) is 0 Å². The van der Waals surface area contributed by atoms with E-state index >= 15 is 0 Å². The molecule has 6 heavy (non-hydrogen) atoms. The molecule has 0 aliphatic rings. The van der Waals surface area contributed by atoms with Crippen molar-refractivity contribution in [3.8, 4) is 0 Å². The predicted molar refractivity (Wildman–Crippen MR) is 32.1 cm³/mol. The van der Waals surface area contributed by atoms with Gasteiger partial charge in [-0.1, -0.05) is 0 Å². The number of rotatable bonds is 2. The standard InChI is InChI=1S/C3H5Cl2P/c4-1-3(5)2-6/h3H,1-2H2. The fourth-order valence-corrected chi connectivity index (χ4v) is 0.439. The first-order valence-electron chi connectivity index (χ1n) is 1.62. The summed E-state index contributed by atoms with van der Waals surface area (Å²) in [6, 6.07) is 0. The van der Waals surface area contributed by atoms with E-state index in [0.29, 0.717) is 12.0 Å². The summed E-state index contributed by atoms with van der Waals surface area (Å²) in [5, 5.41) is 0.0370. The molecule has 0 heterocycles. The first-order valence-corrected chi connectivity index (χ1v) is 3.22. The summed E-state index contributed by atoms with van der Waals surface area (Å²) >= 11 is 10.7. The molecular weight excluding hydrogens is 138 g/mol. The van der Waals surface area contributed by atoms with E-state index in [9.17, 15) is 0 Å². The quantitative estimate of drug-likeness (QED) is 0.410. The van der Waals surface area contributed by atoms with E-state index in [2.05, 4.69) is 9.24 Å². The van der Waals surface area contributed by atoms with E-state index in [4.69, 9.17) is 23.2 Å². The van der Waals surface area contributed by atoms with Gasteiger partial charge in [0.1, 0.15) is 0 Å². The summed E-state index contributed by atoms with van der Waals surface area (Å²) < 4.78 is 0. The highest BCUT2D eigenvalue weighted by Gasteiger charge is 1.94. The van der Waals surface area contributed by atoms with Crippen LogP contribution in [0.5, 0.6) is 0 Å². The molecule has 2 radical (unpaired) electrons. The fraction of sp³-hybridized carbons (Fsp3) is 1.00. The van der Waals surface area contributed by atoms with Crippen molar-refractivity contribution in [2.75, 3.05) is 12.0 Å². The van der Waals surface area contributed by atoms with Gasteiger partial charge in [-0.3, -0.25) is 0 Å². The molecule has 0 N–H and O–H groups in total. The van der Waals surface area contributed by atoms with E-state index in [1.165, 1.54) is 0 Å². The van der Waals surface area contributed by atoms with Crippen molar-refractivity contribution in [3.63, 3.8) is 0 Å². The van der Waals surface area contributed by atoms with Gasteiger partial charge in [-0.25, -0.2) is 0 Å². The second kappa shape index (κ2) is 4.18. The van der Waals surface area contributed by atoms with Crippen molar-refractivity contribution in [1.82, 2.24) is 0 Å². The molecule has 0 spiro atoms. The molecule has 1 atom stereocenters. The van der Waals surface area contributed by atoms with Crippen LogP contribution in [0.15, 0.2) is 0 Å². The van der Waals surface area contributed by atoms with Gasteiger partial charge in [0.05, 0.1) is 5.38 Å². The zero-order valence-corrected chi connectivity index (χ0v) is 5.60. The Labute approximate surface area is 50.4 Å². The molecule has 1 unspecified atom stereocenters. The van der Waals surface area contributed by atoms with Crippen LogP contribution in [0, 0.1) is 0 Å². The lowest BCUT2D eigenvalue weighted by molar-refractivity contribution is 1.13. The SMILES string of the molecule is [P]CC(Cl)CCl. The van der Waals surface area contributed by atoms with E-state index in [0.717, 1.165) is 0 Å². The molecule has 0 aromatic heterocycles. The lowest BCUT2D eigenvalue weighted by Crippen LogP contribution is -1.99. The minimum absolute atomic E-state index is 0.0370. The van der Waals surface area contributed by atoms with Crippen LogP contribution in [0.1, 0.15) is 0 Å². The molecule has 3 heteroatoms. The maximum atomic E-state index is 5.44. The maximum absolute atomic E-state index is 5.44. The molecule has 36 valence electrons. The summed E-state index contributed by atoms with van der Waals surface area (Å²) in [6.07, 6.45) is 0.658. The van der Waals surface area contributed by atoms with Crippen molar-refractivity contribution < 1.29 is 0 Å². The smallest absolute Gasteiger partial charge is 0.0517 e. The molecule has 0 bridgehead atoms. The lowest BCUT2D eigenvalue weighted by Gasteiger charge is -1.93. The highest BCUT2D eigenvalue weighted by molar-refractivity contribution is 7.16. The molecule has 0 saturated carbocycles. The van der Waals surface area contributed by atoms with Crippen LogP contribution >= 0.6 is 32.4 Å². The molecule has 0 aliphatic heterocycles. The third-order valence-electron chi connectivity index (χ3n) is 0.366. The van der Waals surface area contributed by atoms with E-state index in [-0.39, 0.29) is 5.38 Å². The minimum atomic E-state index is 0.0370. The molecule has 0 saturated heterocycles. The van der Waals surface area contributed by atoms with Crippen molar-refractivity contribution in [2.24, 2.45) is 0 Å². The van der Waals surface area contributed by atoms with Crippen molar-refractivity contribution in [1.29, 1.82) is 0 Å². The van der Waals surface area contributed by atoms with E-state index < -0.39 is 0 Å². The maximum Gasteiger partial charge on any atom is 0.0517 e. The number of halogens is 2. The summed E-state index contributed by atoms with van der Waals surface area (Å²) in [5.41, 5.74) is 0. The molecule has 0 aliphatic carbocycles. The number of alkyl halides is 2. The van der Waals surface area contributed by atoms with Crippen LogP contribution in [-0.2, 0) is 0 Å². The first kappa shape index (κ1) is 7.01. The van der Waals surface area contributed by atoms with Gasteiger partial charge in [-0.2, -0.15) is 0 Å². The molecule has 0 fully saturated rings. The van der Waals surface area contributed by atoms with Gasteiger partial charge in [-0.05, 0) is 15.4 Å². The minimum Gasteiger partial charge on any atom is -0.125 e. The molecule has 0 rings (SSSR count). The van der Waals surface area contributed by atoms with Gasteiger partial charge in [0.25, 0.3) is 0 Å². The Kier molecular flexibility index (Phi) is 4.88. The molecular formula is C3H5Cl2P. The Morgan fingerprint density at radius 3 is 2.17 bits per heavy atom. The largest absolute Gasteiger partial charge is 0.125 e. The predicted octanol–water partition coefficient (Wildman–Crippen LogP) is 2.24. The van der Waals surface area contributed by atoms with Gasteiger partial charge in [0.15, 0.2) is 0 Å². The van der Waals surface area contributed by atoms with Crippen LogP contribution in [-0.4, -0.2) is 17.4 Å². The molecule has 0 aromatic carbocycles. The van der Waals surface area contributed by atoms with Gasteiger partial charge in [0.2, 0.25) is 0 Å². The average Bonchev–Trinajstić information content (AvgIpc) is 1.65. The van der Waals surface area contributed by atoms with Gasteiger partial charge < -0.3 is 0 Å². The number of hydrogen-bond acceptors (Lipinski definition) is 0. The molecule has 0 nitrogen and oxygen atoms in total. The van der Waals surface area contributed by atoms with Crippen LogP contribution in [0.4, 0.5) is 0 Å². The first-order chi connectivity index (χ1) is 2.81. The summed E-state index contributed by atoms with van der Waals surface area (Å²) in [5.74, 6) is 0.491. The van der Waals surface area contributed by atoms with Crippen molar-refractivity contribution in [3.05, 3.63) is 0 Å². The zero-order valence-electron chi connectivity index (χ0n) is 3.19. The average molecular weight is 143 g/mol. The second-order valence-corrected chi connectivity index (χ2v) is 2.23.